The molecule has 0 N–H and O–H groups in total. The van der Waals surface area contributed by atoms with Gasteiger partial charge in [-0.15, -0.1) is 0 Å². The minimum atomic E-state index is -0.634. The third kappa shape index (κ3) is 5.91. The van der Waals surface area contributed by atoms with E-state index >= 15 is 0 Å². The van der Waals surface area contributed by atoms with Crippen LogP contribution in [0.3, 0.4) is 0 Å². The Hall–Kier alpha value is -2.36. The Morgan fingerprint density at radius 3 is 1.49 bits per heavy atom. The number of rotatable bonds is 12. The van der Waals surface area contributed by atoms with Crippen LogP contribution >= 0.6 is 0 Å². The molecule has 0 spiro atoms. The summed E-state index contributed by atoms with van der Waals surface area (Å²) in [6.07, 6.45) is 25.9. The number of allylic oxidation sites excluding steroid dienone is 6. The monoisotopic (exact) mass is 534 g/mol. The van der Waals surface area contributed by atoms with Crippen molar-refractivity contribution in [3.8, 4) is 0 Å². The van der Waals surface area contributed by atoms with E-state index in [1.807, 2.05) is 0 Å². The van der Waals surface area contributed by atoms with Crippen molar-refractivity contribution in [2.75, 3.05) is 0 Å². The molecular formula is C35H50O4. The van der Waals surface area contributed by atoms with Crippen LogP contribution in [0.15, 0.2) is 59.8 Å². The van der Waals surface area contributed by atoms with Gasteiger partial charge in [-0.3, -0.25) is 9.59 Å². The Labute approximate surface area is 236 Å². The van der Waals surface area contributed by atoms with E-state index in [0.29, 0.717) is 0 Å². The first kappa shape index (κ1) is 29.6. The lowest BCUT2D eigenvalue weighted by Gasteiger charge is -2.38. The molecule has 0 aromatic rings. The van der Waals surface area contributed by atoms with Crippen LogP contribution in [0.2, 0.25) is 0 Å². The second-order valence-corrected chi connectivity index (χ2v) is 13.0. The van der Waals surface area contributed by atoms with E-state index in [0.717, 1.165) is 64.2 Å². The maximum Gasteiger partial charge on any atom is 0.311 e. The zero-order valence-electron chi connectivity index (χ0n) is 25.1. The average molecular weight is 535 g/mol. The highest BCUT2D eigenvalue weighted by Crippen LogP contribution is 2.60. The molecule has 4 rings (SSSR count). The molecule has 1 fully saturated rings. The fourth-order valence-corrected chi connectivity index (χ4v) is 7.83. The molecule has 4 heteroatoms. The standard InChI is InChI=1S/C35H50O4/c1-7-13-25-15-11-21-34(23-25,19-9-3)38-31(36)29-27-17-18-28(33(27,5)6)30(29)32(37)39-35(20-10-4)22-12-16-26(24-35)14-8-2/h11-12,15-18,21-22,27-30H,7-10,13-14,19-20,23-24H2,1-6H3. The van der Waals surface area contributed by atoms with Gasteiger partial charge in [-0.05, 0) is 55.1 Å². The van der Waals surface area contributed by atoms with E-state index in [-0.39, 0.29) is 29.2 Å². The van der Waals surface area contributed by atoms with Gasteiger partial charge in [0.05, 0.1) is 11.8 Å². The van der Waals surface area contributed by atoms with E-state index in [2.05, 4.69) is 90.2 Å². The van der Waals surface area contributed by atoms with Gasteiger partial charge >= 0.3 is 11.9 Å². The maximum atomic E-state index is 14.1. The Morgan fingerprint density at radius 1 is 0.718 bits per heavy atom. The summed E-state index contributed by atoms with van der Waals surface area (Å²) in [7, 11) is 0. The number of hydrogen-bond donors (Lipinski definition) is 0. The van der Waals surface area contributed by atoms with E-state index in [4.69, 9.17) is 9.47 Å². The maximum absolute atomic E-state index is 14.1. The summed E-state index contributed by atoms with van der Waals surface area (Å²) in [5, 5.41) is 0. The fourth-order valence-electron chi connectivity index (χ4n) is 7.83. The second-order valence-electron chi connectivity index (χ2n) is 13.0. The number of carbonyl (C=O) groups is 2. The SMILES string of the molecule is CCCC1=CC=CC(CCC)(OC(=O)C2C(C(=O)OC3(CCC)C=CC=C(CCC)C3)C3C=CC2C3(C)C)C1. The van der Waals surface area contributed by atoms with Crippen LogP contribution in [-0.2, 0) is 19.1 Å². The van der Waals surface area contributed by atoms with Gasteiger partial charge in [-0.1, -0.05) is 115 Å². The van der Waals surface area contributed by atoms with Crippen molar-refractivity contribution in [3.05, 3.63) is 59.8 Å². The van der Waals surface area contributed by atoms with Gasteiger partial charge in [-0.25, -0.2) is 0 Å². The molecule has 1 saturated carbocycles. The molecule has 0 saturated heterocycles. The van der Waals surface area contributed by atoms with Crippen molar-refractivity contribution in [1.82, 2.24) is 0 Å². The molecule has 0 heterocycles. The Balaban J connectivity index is 1.59. The summed E-state index contributed by atoms with van der Waals surface area (Å²) < 4.78 is 13.0. The molecule has 0 radical (unpaired) electrons. The summed E-state index contributed by atoms with van der Waals surface area (Å²) in [6.45, 7) is 13.0. The van der Waals surface area contributed by atoms with Gasteiger partial charge in [0.15, 0.2) is 0 Å². The molecule has 4 nitrogen and oxygen atoms in total. The quantitative estimate of drug-likeness (QED) is 0.186. The third-order valence-electron chi connectivity index (χ3n) is 9.56. The molecule has 6 atom stereocenters. The number of hydrogen-bond acceptors (Lipinski definition) is 4. The van der Waals surface area contributed by atoms with Gasteiger partial charge in [-0.2, -0.15) is 0 Å². The highest BCUT2D eigenvalue weighted by molar-refractivity contribution is 5.85. The van der Waals surface area contributed by atoms with Crippen LogP contribution in [0.4, 0.5) is 0 Å². The first-order valence-electron chi connectivity index (χ1n) is 15.5. The molecule has 2 bridgehead atoms. The van der Waals surface area contributed by atoms with Crippen molar-refractivity contribution >= 4 is 11.9 Å². The first-order valence-corrected chi connectivity index (χ1v) is 15.5. The number of fused-ring (bicyclic) bond motifs is 2. The van der Waals surface area contributed by atoms with Gasteiger partial charge < -0.3 is 9.47 Å². The van der Waals surface area contributed by atoms with Gasteiger partial charge in [0, 0.05) is 12.8 Å². The van der Waals surface area contributed by atoms with Gasteiger partial charge in [0.1, 0.15) is 11.2 Å². The lowest BCUT2D eigenvalue weighted by Crippen LogP contribution is -2.44. The summed E-state index contributed by atoms with van der Waals surface area (Å²) in [6, 6.07) is 0. The van der Waals surface area contributed by atoms with Crippen LogP contribution < -0.4 is 0 Å². The predicted molar refractivity (Wildman–Crippen MR) is 158 cm³/mol. The van der Waals surface area contributed by atoms with Crippen LogP contribution in [0.25, 0.3) is 0 Å². The van der Waals surface area contributed by atoms with E-state index < -0.39 is 23.0 Å². The zero-order valence-corrected chi connectivity index (χ0v) is 25.1. The Bertz CT molecular complexity index is 990. The van der Waals surface area contributed by atoms with Crippen LogP contribution in [-0.4, -0.2) is 23.1 Å². The minimum Gasteiger partial charge on any atom is -0.454 e. The molecule has 0 aromatic heterocycles. The molecule has 0 aliphatic heterocycles. The van der Waals surface area contributed by atoms with Crippen molar-refractivity contribution < 1.29 is 19.1 Å². The predicted octanol–water partition coefficient (Wildman–Crippen LogP) is 8.60. The summed E-state index contributed by atoms with van der Waals surface area (Å²) in [5.41, 5.74) is 1.18. The molecule has 0 aromatic carbocycles. The molecule has 6 unspecified atom stereocenters. The highest BCUT2D eigenvalue weighted by Gasteiger charge is 2.63. The lowest BCUT2D eigenvalue weighted by atomic mass is 9.79. The smallest absolute Gasteiger partial charge is 0.311 e. The molecule has 214 valence electrons. The van der Waals surface area contributed by atoms with E-state index in [1.54, 1.807) is 0 Å². The fraction of sp³-hybridized carbons (Fsp3) is 0.657. The molecule has 4 aliphatic rings. The van der Waals surface area contributed by atoms with Crippen LogP contribution in [0, 0.1) is 29.1 Å². The van der Waals surface area contributed by atoms with Gasteiger partial charge in [0.25, 0.3) is 0 Å². The number of ether oxygens (including phenoxy) is 2. The molecular weight excluding hydrogens is 484 g/mol. The first-order chi connectivity index (χ1) is 18.6. The topological polar surface area (TPSA) is 52.6 Å². The summed E-state index contributed by atoms with van der Waals surface area (Å²) in [5.74, 6) is -1.61. The second kappa shape index (κ2) is 12.0. The Kier molecular flexibility index (Phi) is 9.13. The molecule has 39 heavy (non-hydrogen) atoms. The molecule has 0 amide bonds. The van der Waals surface area contributed by atoms with Crippen LogP contribution in [0.1, 0.15) is 106 Å². The summed E-state index contributed by atoms with van der Waals surface area (Å²) >= 11 is 0. The van der Waals surface area contributed by atoms with Crippen molar-refractivity contribution in [2.45, 2.75) is 117 Å². The third-order valence-corrected chi connectivity index (χ3v) is 9.56. The summed E-state index contributed by atoms with van der Waals surface area (Å²) in [4.78, 5) is 28.3. The van der Waals surface area contributed by atoms with Crippen molar-refractivity contribution in [2.24, 2.45) is 29.1 Å². The van der Waals surface area contributed by atoms with Crippen molar-refractivity contribution in [1.29, 1.82) is 0 Å². The number of esters is 2. The Morgan fingerprint density at radius 2 is 1.13 bits per heavy atom. The number of carbonyl (C=O) groups excluding carboxylic acids is 2. The minimum absolute atomic E-state index is 0.0379. The van der Waals surface area contributed by atoms with E-state index in [1.165, 1.54) is 11.1 Å². The van der Waals surface area contributed by atoms with Gasteiger partial charge in [0.2, 0.25) is 0 Å². The highest BCUT2D eigenvalue weighted by atomic mass is 16.6. The van der Waals surface area contributed by atoms with E-state index in [9.17, 15) is 9.59 Å². The lowest BCUT2D eigenvalue weighted by molar-refractivity contribution is -0.174. The normalized spacial score (nSPS) is 34.1. The largest absolute Gasteiger partial charge is 0.454 e. The van der Waals surface area contributed by atoms with Crippen LogP contribution in [0.5, 0.6) is 0 Å². The molecule has 4 aliphatic carbocycles. The zero-order chi connectivity index (χ0) is 28.3. The average Bonchev–Trinajstić information content (AvgIpc) is 3.29. The van der Waals surface area contributed by atoms with Crippen molar-refractivity contribution in [3.63, 3.8) is 0 Å².